The van der Waals surface area contributed by atoms with Crippen LogP contribution in [0.4, 0.5) is 5.69 Å². The van der Waals surface area contributed by atoms with Gasteiger partial charge in [0.15, 0.2) is 0 Å². The molecule has 0 radical (unpaired) electrons. The maximum atomic E-state index is 12.2. The number of nitrogens with zero attached hydrogens (tertiary/aromatic N) is 3. The lowest BCUT2D eigenvalue weighted by molar-refractivity contribution is -0.119. The number of sulfonamides is 1. The molecule has 1 N–H and O–H groups in total. The summed E-state index contributed by atoms with van der Waals surface area (Å²) in [4.78, 5) is 16.1. The van der Waals surface area contributed by atoms with Gasteiger partial charge in [-0.2, -0.15) is 5.10 Å². The molecule has 0 aliphatic rings. The average Bonchev–Trinajstić information content (AvgIpc) is 2.54. The van der Waals surface area contributed by atoms with Crippen LogP contribution in [0.5, 0.6) is 0 Å². The number of hydrazone groups is 1. The third-order valence-corrected chi connectivity index (χ3v) is 4.58. The summed E-state index contributed by atoms with van der Waals surface area (Å²) in [6.07, 6.45) is 5.74. The van der Waals surface area contributed by atoms with Gasteiger partial charge in [-0.1, -0.05) is 24.3 Å². The van der Waals surface area contributed by atoms with Crippen molar-refractivity contribution in [2.75, 3.05) is 17.1 Å². The summed E-state index contributed by atoms with van der Waals surface area (Å²) in [5, 5.41) is 3.83. The largest absolute Gasteiger partial charge is 0.271 e. The number of aromatic nitrogens is 1. The summed E-state index contributed by atoms with van der Waals surface area (Å²) in [6, 6.07) is 8.97. The van der Waals surface area contributed by atoms with Crippen LogP contribution in [0.15, 0.2) is 47.8 Å². The molecule has 7 nitrogen and oxygen atoms in total. The zero-order valence-corrected chi connectivity index (χ0v) is 15.1. The number of hydrogen-bond donors (Lipinski definition) is 1. The molecule has 132 valence electrons. The first-order valence-corrected chi connectivity index (χ1v) is 9.39. The Morgan fingerprint density at radius 1 is 1.24 bits per heavy atom. The van der Waals surface area contributed by atoms with Crippen LogP contribution in [-0.4, -0.2) is 38.3 Å². The van der Waals surface area contributed by atoms with Crippen LogP contribution in [0.3, 0.4) is 0 Å². The first-order valence-electron chi connectivity index (χ1n) is 7.55. The van der Waals surface area contributed by atoms with E-state index < -0.39 is 15.9 Å². The monoisotopic (exact) mass is 360 g/mol. The highest BCUT2D eigenvalue weighted by Crippen LogP contribution is 2.26. The number of amides is 1. The highest BCUT2D eigenvalue weighted by atomic mass is 32.2. The molecular formula is C17H20N4O3S. The van der Waals surface area contributed by atoms with Crippen molar-refractivity contribution in [1.29, 1.82) is 0 Å². The molecule has 1 heterocycles. The maximum Gasteiger partial charge on any atom is 0.260 e. The number of pyridine rings is 1. The van der Waals surface area contributed by atoms with E-state index in [2.05, 4.69) is 15.5 Å². The lowest BCUT2D eigenvalue weighted by atomic mass is 10.1. The van der Waals surface area contributed by atoms with Gasteiger partial charge in [0.2, 0.25) is 10.0 Å². The SMILES string of the molecule is Cc1cccc(C)c1N(CC(=O)N/N=C\c1cccnc1)S(C)(=O)=O. The van der Waals surface area contributed by atoms with E-state index in [1.165, 1.54) is 6.21 Å². The summed E-state index contributed by atoms with van der Waals surface area (Å²) in [5.41, 5.74) is 5.12. The van der Waals surface area contributed by atoms with Crippen LogP contribution in [0.1, 0.15) is 16.7 Å². The number of hydrogen-bond acceptors (Lipinski definition) is 5. The molecule has 0 bridgehead atoms. The molecule has 1 aromatic carbocycles. The second-order valence-electron chi connectivity index (χ2n) is 5.59. The molecular weight excluding hydrogens is 340 g/mol. The van der Waals surface area contributed by atoms with Crippen molar-refractivity contribution in [3.05, 3.63) is 59.4 Å². The van der Waals surface area contributed by atoms with Crippen molar-refractivity contribution in [2.24, 2.45) is 5.10 Å². The molecule has 0 unspecified atom stereocenters. The fourth-order valence-corrected chi connectivity index (χ4v) is 3.33. The molecule has 1 amide bonds. The zero-order valence-electron chi connectivity index (χ0n) is 14.3. The smallest absolute Gasteiger partial charge is 0.260 e. The third-order valence-electron chi connectivity index (χ3n) is 3.46. The Bertz CT molecular complexity index is 860. The molecule has 0 saturated carbocycles. The number of carbonyl (C=O) groups excluding carboxylic acids is 1. The number of carbonyl (C=O) groups is 1. The van der Waals surface area contributed by atoms with Gasteiger partial charge in [-0.05, 0) is 31.0 Å². The minimum atomic E-state index is -3.62. The Morgan fingerprint density at radius 2 is 1.92 bits per heavy atom. The Kier molecular flexibility index (Phi) is 5.87. The number of para-hydroxylation sites is 1. The Labute approximate surface area is 147 Å². The number of nitrogens with one attached hydrogen (secondary N) is 1. The zero-order chi connectivity index (χ0) is 18.4. The van der Waals surface area contributed by atoms with Crippen molar-refractivity contribution in [1.82, 2.24) is 10.4 Å². The number of aryl methyl sites for hydroxylation is 2. The van der Waals surface area contributed by atoms with Gasteiger partial charge < -0.3 is 0 Å². The number of rotatable bonds is 6. The van der Waals surface area contributed by atoms with Crippen molar-refractivity contribution in [3.8, 4) is 0 Å². The minimum Gasteiger partial charge on any atom is -0.271 e. The van der Waals surface area contributed by atoms with Crippen molar-refractivity contribution in [2.45, 2.75) is 13.8 Å². The van der Waals surface area contributed by atoms with Gasteiger partial charge in [-0.15, -0.1) is 0 Å². The van der Waals surface area contributed by atoms with Gasteiger partial charge in [-0.3, -0.25) is 14.1 Å². The topological polar surface area (TPSA) is 91.7 Å². The predicted octanol–water partition coefficient (Wildman–Crippen LogP) is 1.61. The summed E-state index contributed by atoms with van der Waals surface area (Å²) in [6.45, 7) is 3.26. The van der Waals surface area contributed by atoms with E-state index in [-0.39, 0.29) is 6.54 Å². The minimum absolute atomic E-state index is 0.352. The van der Waals surface area contributed by atoms with E-state index in [9.17, 15) is 13.2 Å². The lowest BCUT2D eigenvalue weighted by Gasteiger charge is -2.25. The highest BCUT2D eigenvalue weighted by Gasteiger charge is 2.23. The quantitative estimate of drug-likeness (QED) is 0.626. The predicted molar refractivity (Wildman–Crippen MR) is 98.1 cm³/mol. The summed E-state index contributed by atoms with van der Waals surface area (Å²) < 4.78 is 25.4. The summed E-state index contributed by atoms with van der Waals surface area (Å²) >= 11 is 0. The third kappa shape index (κ3) is 5.12. The van der Waals surface area contributed by atoms with Gasteiger partial charge >= 0.3 is 0 Å². The van der Waals surface area contributed by atoms with E-state index in [0.717, 1.165) is 27.3 Å². The van der Waals surface area contributed by atoms with Gasteiger partial charge in [0.05, 0.1) is 18.2 Å². The van der Waals surface area contributed by atoms with Crippen LogP contribution in [0.25, 0.3) is 0 Å². The Hall–Kier alpha value is -2.74. The second kappa shape index (κ2) is 7.89. The van der Waals surface area contributed by atoms with E-state index in [0.29, 0.717) is 5.69 Å². The fourth-order valence-electron chi connectivity index (χ4n) is 2.36. The van der Waals surface area contributed by atoms with Gasteiger partial charge in [0.25, 0.3) is 5.91 Å². The van der Waals surface area contributed by atoms with Gasteiger partial charge in [0.1, 0.15) is 6.54 Å². The molecule has 0 aliphatic carbocycles. The number of anilines is 1. The van der Waals surface area contributed by atoms with E-state index in [4.69, 9.17) is 0 Å². The van der Waals surface area contributed by atoms with Crippen LogP contribution in [-0.2, 0) is 14.8 Å². The highest BCUT2D eigenvalue weighted by molar-refractivity contribution is 7.92. The van der Waals surface area contributed by atoms with Gasteiger partial charge in [-0.25, -0.2) is 13.8 Å². The molecule has 0 fully saturated rings. The van der Waals surface area contributed by atoms with E-state index in [1.807, 2.05) is 6.07 Å². The van der Waals surface area contributed by atoms with Crippen molar-refractivity contribution >= 4 is 27.8 Å². The van der Waals surface area contributed by atoms with Crippen LogP contribution < -0.4 is 9.73 Å². The Balaban J connectivity index is 2.15. The van der Waals surface area contributed by atoms with E-state index >= 15 is 0 Å². The van der Waals surface area contributed by atoms with E-state index in [1.54, 1.807) is 50.5 Å². The Morgan fingerprint density at radius 3 is 2.48 bits per heavy atom. The normalized spacial score (nSPS) is 11.5. The van der Waals surface area contributed by atoms with Crippen LogP contribution in [0.2, 0.25) is 0 Å². The van der Waals surface area contributed by atoms with Crippen molar-refractivity contribution in [3.63, 3.8) is 0 Å². The van der Waals surface area contributed by atoms with Crippen molar-refractivity contribution < 1.29 is 13.2 Å². The fraction of sp³-hybridized carbons (Fsp3) is 0.235. The molecule has 1 aromatic heterocycles. The summed E-state index contributed by atoms with van der Waals surface area (Å²) in [7, 11) is -3.62. The first kappa shape index (κ1) is 18.6. The molecule has 25 heavy (non-hydrogen) atoms. The molecule has 2 rings (SSSR count). The van der Waals surface area contributed by atoms with Gasteiger partial charge in [0, 0.05) is 18.0 Å². The number of benzene rings is 1. The molecule has 0 saturated heterocycles. The second-order valence-corrected chi connectivity index (χ2v) is 7.50. The molecule has 0 atom stereocenters. The molecule has 0 aliphatic heterocycles. The lowest BCUT2D eigenvalue weighted by Crippen LogP contribution is -2.39. The molecule has 2 aromatic rings. The van der Waals surface area contributed by atoms with Crippen LogP contribution in [0, 0.1) is 13.8 Å². The maximum absolute atomic E-state index is 12.2. The summed E-state index contributed by atoms with van der Waals surface area (Å²) in [5.74, 6) is -0.534. The standard InChI is InChI=1S/C17H20N4O3S/c1-13-6-4-7-14(2)17(13)21(25(3,23)24)12-16(22)20-19-11-15-8-5-9-18-10-15/h4-11H,12H2,1-3H3,(H,20,22)/b19-11-. The first-order chi connectivity index (χ1) is 11.8. The average molecular weight is 360 g/mol. The molecule has 0 spiro atoms. The molecule has 8 heteroatoms. The van der Waals surface area contributed by atoms with Crippen LogP contribution >= 0.6 is 0 Å².